The van der Waals surface area contributed by atoms with Gasteiger partial charge >= 0.3 is 0 Å². The molecule has 0 spiro atoms. The van der Waals surface area contributed by atoms with E-state index < -0.39 is 0 Å². The number of nitrogens with two attached hydrogens (primary N) is 1. The minimum Gasteiger partial charge on any atom is -0.399 e. The van der Waals surface area contributed by atoms with Gasteiger partial charge < -0.3 is 10.6 Å². The van der Waals surface area contributed by atoms with Crippen molar-refractivity contribution in [2.45, 2.75) is 26.7 Å². The Labute approximate surface area is 126 Å². The summed E-state index contributed by atoms with van der Waals surface area (Å²) in [6.45, 7) is 4.72. The third-order valence-electron chi connectivity index (χ3n) is 3.54. The maximum atomic E-state index is 12.4. The van der Waals surface area contributed by atoms with Gasteiger partial charge in [0.15, 0.2) is 0 Å². The smallest absolute Gasteiger partial charge is 0.227 e. The summed E-state index contributed by atoms with van der Waals surface area (Å²) in [5, 5.41) is 0. The van der Waals surface area contributed by atoms with E-state index >= 15 is 0 Å². The zero-order valence-electron chi connectivity index (χ0n) is 12.7. The summed E-state index contributed by atoms with van der Waals surface area (Å²) < 4.78 is 0. The molecule has 0 unspecified atom stereocenters. The van der Waals surface area contributed by atoms with Crippen molar-refractivity contribution < 1.29 is 4.79 Å². The summed E-state index contributed by atoms with van der Waals surface area (Å²) in [6, 6.07) is 15.8. The third-order valence-corrected chi connectivity index (χ3v) is 3.54. The molecule has 0 saturated heterocycles. The summed E-state index contributed by atoms with van der Waals surface area (Å²) in [5.74, 6) is 0.142. The Kier molecular flexibility index (Phi) is 4.99. The highest BCUT2D eigenvalue weighted by Crippen LogP contribution is 2.17. The van der Waals surface area contributed by atoms with Crippen molar-refractivity contribution in [2.24, 2.45) is 0 Å². The number of nitrogen functional groups attached to an aromatic ring is 1. The van der Waals surface area contributed by atoms with Crippen LogP contribution in [0.2, 0.25) is 0 Å². The van der Waals surface area contributed by atoms with Gasteiger partial charge in [-0.2, -0.15) is 0 Å². The molecular formula is C18H22N2O. The van der Waals surface area contributed by atoms with E-state index in [9.17, 15) is 4.79 Å². The van der Waals surface area contributed by atoms with Crippen LogP contribution in [0.5, 0.6) is 0 Å². The van der Waals surface area contributed by atoms with Gasteiger partial charge in [0, 0.05) is 24.3 Å². The van der Waals surface area contributed by atoms with E-state index in [4.69, 9.17) is 5.73 Å². The molecule has 2 aromatic rings. The molecule has 0 aliphatic rings. The van der Waals surface area contributed by atoms with E-state index in [1.54, 1.807) is 0 Å². The van der Waals surface area contributed by atoms with Gasteiger partial charge in [0.05, 0.1) is 0 Å². The molecule has 0 fully saturated rings. The first-order valence-electron chi connectivity index (χ1n) is 7.31. The fraction of sp³-hybridized carbons (Fsp3) is 0.278. The Morgan fingerprint density at radius 2 is 1.86 bits per heavy atom. The Hall–Kier alpha value is -2.29. The number of benzene rings is 2. The zero-order chi connectivity index (χ0) is 15.2. The molecule has 0 aromatic heterocycles. The summed E-state index contributed by atoms with van der Waals surface area (Å²) >= 11 is 0. The van der Waals surface area contributed by atoms with Crippen molar-refractivity contribution >= 4 is 17.3 Å². The lowest BCUT2D eigenvalue weighted by molar-refractivity contribution is -0.118. The lowest BCUT2D eigenvalue weighted by atomic mass is 10.1. The van der Waals surface area contributed by atoms with Gasteiger partial charge in [0.1, 0.15) is 0 Å². The van der Waals surface area contributed by atoms with Crippen molar-refractivity contribution in [3.05, 3.63) is 59.7 Å². The molecular weight excluding hydrogens is 260 g/mol. The number of carbonyl (C=O) groups is 1. The number of nitrogens with zero attached hydrogens (tertiary/aromatic N) is 1. The van der Waals surface area contributed by atoms with Crippen LogP contribution >= 0.6 is 0 Å². The number of hydrogen-bond acceptors (Lipinski definition) is 2. The van der Waals surface area contributed by atoms with Crippen molar-refractivity contribution in [1.29, 1.82) is 0 Å². The average Bonchev–Trinajstić information content (AvgIpc) is 2.48. The molecule has 0 bridgehead atoms. The predicted octanol–water partition coefficient (Wildman–Crippen LogP) is 3.56. The molecule has 2 N–H and O–H groups in total. The lowest BCUT2D eigenvalue weighted by Gasteiger charge is -2.21. The van der Waals surface area contributed by atoms with Crippen LogP contribution < -0.4 is 10.6 Å². The number of anilines is 2. The van der Waals surface area contributed by atoms with Gasteiger partial charge in [-0.3, -0.25) is 4.79 Å². The normalized spacial score (nSPS) is 10.4. The molecule has 3 nitrogen and oxygen atoms in total. The molecule has 0 atom stereocenters. The Morgan fingerprint density at radius 1 is 1.14 bits per heavy atom. The molecule has 3 heteroatoms. The second-order valence-corrected chi connectivity index (χ2v) is 5.22. The van der Waals surface area contributed by atoms with E-state index in [0.29, 0.717) is 19.4 Å². The van der Waals surface area contributed by atoms with Gasteiger partial charge in [-0.25, -0.2) is 0 Å². The number of aryl methyl sites for hydroxylation is 2. The minimum absolute atomic E-state index is 0.142. The quantitative estimate of drug-likeness (QED) is 0.852. The van der Waals surface area contributed by atoms with Crippen molar-refractivity contribution in [3.63, 3.8) is 0 Å². The first-order valence-corrected chi connectivity index (χ1v) is 7.31. The van der Waals surface area contributed by atoms with Gasteiger partial charge in [-0.05, 0) is 50.1 Å². The van der Waals surface area contributed by atoms with Crippen molar-refractivity contribution in [2.75, 3.05) is 17.2 Å². The highest BCUT2D eigenvalue weighted by atomic mass is 16.2. The van der Waals surface area contributed by atoms with Crippen LogP contribution in [0.25, 0.3) is 0 Å². The number of carbonyl (C=O) groups excluding carboxylic acids is 1. The van der Waals surface area contributed by atoms with E-state index in [1.807, 2.05) is 67.3 Å². The fourth-order valence-electron chi connectivity index (χ4n) is 2.36. The maximum Gasteiger partial charge on any atom is 0.227 e. The summed E-state index contributed by atoms with van der Waals surface area (Å²) in [5.41, 5.74) is 9.76. The van der Waals surface area contributed by atoms with Crippen molar-refractivity contribution in [1.82, 2.24) is 0 Å². The minimum atomic E-state index is 0.142. The summed E-state index contributed by atoms with van der Waals surface area (Å²) in [4.78, 5) is 14.2. The first-order chi connectivity index (χ1) is 10.1. The van der Waals surface area contributed by atoms with Gasteiger partial charge in [-0.1, -0.05) is 29.8 Å². The molecule has 0 saturated carbocycles. The molecule has 0 aliphatic carbocycles. The van der Waals surface area contributed by atoms with Crippen molar-refractivity contribution in [3.8, 4) is 0 Å². The van der Waals surface area contributed by atoms with Gasteiger partial charge in [0.2, 0.25) is 5.91 Å². The van der Waals surface area contributed by atoms with E-state index in [2.05, 4.69) is 0 Å². The number of amides is 1. The second kappa shape index (κ2) is 6.93. The average molecular weight is 282 g/mol. The van der Waals surface area contributed by atoms with Crippen LogP contribution in [-0.2, 0) is 11.2 Å². The number of rotatable bonds is 5. The second-order valence-electron chi connectivity index (χ2n) is 5.22. The van der Waals surface area contributed by atoms with E-state index in [1.165, 1.54) is 5.56 Å². The van der Waals surface area contributed by atoms with Crippen LogP contribution in [-0.4, -0.2) is 12.5 Å². The molecule has 1 amide bonds. The molecule has 2 aromatic carbocycles. The van der Waals surface area contributed by atoms with Crippen LogP contribution in [0, 0.1) is 6.92 Å². The van der Waals surface area contributed by atoms with E-state index in [-0.39, 0.29) is 5.91 Å². The van der Waals surface area contributed by atoms with Crippen LogP contribution in [0.4, 0.5) is 11.4 Å². The monoisotopic (exact) mass is 282 g/mol. The fourth-order valence-corrected chi connectivity index (χ4v) is 2.36. The SMILES string of the molecule is CCN(C(=O)CCc1cccc(N)c1)c1ccc(C)cc1. The third kappa shape index (κ3) is 4.09. The lowest BCUT2D eigenvalue weighted by Crippen LogP contribution is -2.30. The highest BCUT2D eigenvalue weighted by molar-refractivity contribution is 5.93. The Morgan fingerprint density at radius 3 is 2.48 bits per heavy atom. The van der Waals surface area contributed by atoms with Crippen LogP contribution in [0.15, 0.2) is 48.5 Å². The Balaban J connectivity index is 2.02. The summed E-state index contributed by atoms with van der Waals surface area (Å²) in [7, 11) is 0. The standard InChI is InChI=1S/C18H22N2O/c1-3-20(17-10-7-14(2)8-11-17)18(21)12-9-15-5-4-6-16(19)13-15/h4-8,10-11,13H,3,9,12,19H2,1-2H3. The molecule has 2 rings (SSSR count). The molecule has 21 heavy (non-hydrogen) atoms. The maximum absolute atomic E-state index is 12.4. The van der Waals surface area contributed by atoms with Gasteiger partial charge in [-0.15, -0.1) is 0 Å². The highest BCUT2D eigenvalue weighted by Gasteiger charge is 2.13. The van der Waals surface area contributed by atoms with Crippen LogP contribution in [0.3, 0.4) is 0 Å². The molecule has 0 heterocycles. The first kappa shape index (κ1) is 15.1. The number of hydrogen-bond donors (Lipinski definition) is 1. The molecule has 110 valence electrons. The molecule has 0 radical (unpaired) electrons. The van der Waals surface area contributed by atoms with E-state index in [0.717, 1.165) is 16.9 Å². The Bertz CT molecular complexity index is 605. The topological polar surface area (TPSA) is 46.3 Å². The van der Waals surface area contributed by atoms with Crippen LogP contribution in [0.1, 0.15) is 24.5 Å². The molecule has 0 aliphatic heterocycles. The summed E-state index contributed by atoms with van der Waals surface area (Å²) in [6.07, 6.45) is 1.21. The largest absolute Gasteiger partial charge is 0.399 e. The predicted molar refractivity (Wildman–Crippen MR) is 88.4 cm³/mol. The zero-order valence-corrected chi connectivity index (χ0v) is 12.7. The van der Waals surface area contributed by atoms with Gasteiger partial charge in [0.25, 0.3) is 0 Å².